The predicted molar refractivity (Wildman–Crippen MR) is 143 cm³/mol. The molecule has 6 unspecified atom stereocenters. The summed E-state index contributed by atoms with van der Waals surface area (Å²) in [7, 11) is 3.19. The lowest BCUT2D eigenvalue weighted by molar-refractivity contribution is -0.157. The van der Waals surface area contributed by atoms with Gasteiger partial charge in [-0.15, -0.1) is 0 Å². The summed E-state index contributed by atoms with van der Waals surface area (Å²) >= 11 is 6.91. The van der Waals surface area contributed by atoms with Crippen molar-refractivity contribution in [1.29, 1.82) is 5.41 Å². The van der Waals surface area contributed by atoms with Crippen molar-refractivity contribution >= 4 is 40.6 Å². The molecule has 1 aliphatic heterocycles. The highest BCUT2D eigenvalue weighted by Crippen LogP contribution is 2.53. The van der Waals surface area contributed by atoms with Crippen LogP contribution in [0.25, 0.3) is 0 Å². The lowest BCUT2D eigenvalue weighted by Crippen LogP contribution is -2.73. The summed E-state index contributed by atoms with van der Waals surface area (Å²) in [4.78, 5) is 57.2. The molecule has 1 heterocycles. The van der Waals surface area contributed by atoms with Crippen LogP contribution >= 0.6 is 11.6 Å². The Morgan fingerprint density at radius 3 is 2.38 bits per heavy atom. The molecular weight excluding hydrogens is 524 g/mol. The number of Topliss-reactive ketones (excluding diaryl/α,β-unsaturated/α-hetero) is 3. The number of hydrogen-bond donors (Lipinski definition) is 4. The highest BCUT2D eigenvalue weighted by Gasteiger charge is 2.67. The van der Waals surface area contributed by atoms with E-state index in [-0.39, 0.29) is 29.7 Å². The first-order valence-electron chi connectivity index (χ1n) is 13.3. The third kappa shape index (κ3) is 3.61. The molecule has 210 valence electrons. The average molecular weight is 559 g/mol. The maximum atomic E-state index is 14.0. The van der Waals surface area contributed by atoms with E-state index in [9.17, 15) is 29.4 Å². The van der Waals surface area contributed by atoms with Gasteiger partial charge in [-0.2, -0.15) is 0 Å². The maximum Gasteiger partial charge on any atom is 0.233 e. The van der Waals surface area contributed by atoms with Gasteiger partial charge in [0.1, 0.15) is 11.7 Å². The number of amides is 1. The van der Waals surface area contributed by atoms with Crippen LogP contribution < -0.4 is 5.73 Å². The van der Waals surface area contributed by atoms with Gasteiger partial charge >= 0.3 is 0 Å². The molecule has 39 heavy (non-hydrogen) atoms. The number of fused-ring (bicyclic) bond motifs is 4. The van der Waals surface area contributed by atoms with Gasteiger partial charge in [0.15, 0.2) is 23.0 Å². The summed E-state index contributed by atoms with van der Waals surface area (Å²) in [6.45, 7) is 7.18. The zero-order valence-corrected chi connectivity index (χ0v) is 23.6. The second kappa shape index (κ2) is 8.92. The number of phenols is 1. The number of benzene rings is 1. The summed E-state index contributed by atoms with van der Waals surface area (Å²) in [5.41, 5.74) is 3.76. The predicted octanol–water partition coefficient (Wildman–Crippen LogP) is 1.48. The smallest absolute Gasteiger partial charge is 0.233 e. The monoisotopic (exact) mass is 558 g/mol. The molecule has 11 heteroatoms. The van der Waals surface area contributed by atoms with Crippen LogP contribution in [0.4, 0.5) is 0 Å². The largest absolute Gasteiger partial charge is 0.507 e. The Morgan fingerprint density at radius 1 is 1.21 bits per heavy atom. The average Bonchev–Trinajstić information content (AvgIpc) is 3.31. The highest BCUT2D eigenvalue weighted by atomic mass is 35.5. The molecule has 0 saturated heterocycles. The molecule has 1 aromatic rings. The van der Waals surface area contributed by atoms with E-state index in [1.165, 1.54) is 4.90 Å². The van der Waals surface area contributed by atoms with Crippen molar-refractivity contribution in [3.05, 3.63) is 27.3 Å². The number of hydrogen-bond acceptors (Lipinski definition) is 9. The Hall–Kier alpha value is -2.66. The van der Waals surface area contributed by atoms with E-state index in [0.29, 0.717) is 29.2 Å². The molecule has 6 atom stereocenters. The molecule has 1 aromatic carbocycles. The number of likely N-dealkylation sites (N-methyl/N-ethyl adjacent to an activating group) is 1. The number of aromatic hydroxyl groups is 1. The molecule has 2 fully saturated rings. The Bertz CT molecular complexity index is 1360. The van der Waals surface area contributed by atoms with Crippen LogP contribution in [0.5, 0.6) is 5.75 Å². The molecule has 0 bridgehead atoms. The van der Waals surface area contributed by atoms with Crippen LogP contribution in [0, 0.1) is 29.1 Å². The van der Waals surface area contributed by atoms with E-state index in [1.807, 2.05) is 0 Å². The summed E-state index contributed by atoms with van der Waals surface area (Å²) in [5, 5.41) is 32.2. The summed E-state index contributed by atoms with van der Waals surface area (Å²) < 4.78 is 0. The van der Waals surface area contributed by atoms with Gasteiger partial charge < -0.3 is 21.4 Å². The lowest BCUT2D eigenvalue weighted by atomic mass is 9.52. The number of carbonyl (C=O) groups is 4. The first-order chi connectivity index (χ1) is 18.1. The minimum Gasteiger partial charge on any atom is -0.507 e. The van der Waals surface area contributed by atoms with Gasteiger partial charge in [0.05, 0.1) is 23.2 Å². The second-order valence-electron chi connectivity index (χ2n) is 12.3. The fraction of sp³-hybridized carbons (Fsp3) is 0.607. The topological polar surface area (TPSA) is 165 Å². The number of nitrogens with two attached hydrogens (primary N) is 1. The molecule has 10 nitrogen and oxygen atoms in total. The van der Waals surface area contributed by atoms with Gasteiger partial charge in [-0.25, -0.2) is 0 Å². The molecule has 3 aliphatic carbocycles. The molecular formula is C28H35ClN4O6. The minimum absolute atomic E-state index is 0.0134. The molecule has 2 saturated carbocycles. The standard InChI is InChI=1S/C28H35ClN4O6/c1-6-27(2,3)33-9-13-14(10-33)21(34)17-12(19(13)29)7-11-8-15-20(32(4)5)23(36)18(26(31)38)24(30)28(15,39)25(37)16(11)22(17)35/h11,15-16,18,20,30,34,39H,6-10H2,1-5H3,(H2,31,38). The highest BCUT2D eigenvalue weighted by molar-refractivity contribution is 6.35. The van der Waals surface area contributed by atoms with Crippen LogP contribution in [-0.4, -0.2) is 80.3 Å². The van der Waals surface area contributed by atoms with E-state index < -0.39 is 64.3 Å². The van der Waals surface area contributed by atoms with Gasteiger partial charge in [0.2, 0.25) is 5.91 Å². The third-order valence-electron chi connectivity index (χ3n) is 9.85. The maximum absolute atomic E-state index is 14.0. The molecule has 5 N–H and O–H groups in total. The molecule has 1 amide bonds. The summed E-state index contributed by atoms with van der Waals surface area (Å²) in [6.07, 6.45) is 1.13. The first kappa shape index (κ1) is 27.9. The molecule has 0 aromatic heterocycles. The van der Waals surface area contributed by atoms with Crippen molar-refractivity contribution in [2.45, 2.75) is 70.3 Å². The fourth-order valence-corrected chi connectivity index (χ4v) is 7.62. The van der Waals surface area contributed by atoms with Gasteiger partial charge in [-0.1, -0.05) is 18.5 Å². The number of ketones is 3. The van der Waals surface area contributed by atoms with Crippen LogP contribution in [0.2, 0.25) is 5.02 Å². The zero-order valence-electron chi connectivity index (χ0n) is 22.8. The van der Waals surface area contributed by atoms with E-state index in [0.717, 1.165) is 12.0 Å². The summed E-state index contributed by atoms with van der Waals surface area (Å²) in [6, 6.07) is -1.06. The quantitative estimate of drug-likeness (QED) is 0.403. The Balaban J connectivity index is 1.62. The SMILES string of the molecule is CCC(C)(C)N1Cc2c(O)c3c(c(Cl)c2C1)CC1CC2C(N(C)C)C(=O)C(C(N)=O)C(=N)C2(O)C(=O)C1C3=O. The molecule has 5 rings (SSSR count). The van der Waals surface area contributed by atoms with Crippen molar-refractivity contribution in [1.82, 2.24) is 9.80 Å². The number of aliphatic hydroxyl groups is 1. The van der Waals surface area contributed by atoms with Gasteiger partial charge in [-0.05, 0) is 64.3 Å². The first-order valence-corrected chi connectivity index (χ1v) is 13.7. The second-order valence-corrected chi connectivity index (χ2v) is 12.7. The van der Waals surface area contributed by atoms with E-state index in [2.05, 4.69) is 25.7 Å². The van der Waals surface area contributed by atoms with Crippen LogP contribution in [0.3, 0.4) is 0 Å². The normalized spacial score (nSPS) is 32.7. The van der Waals surface area contributed by atoms with E-state index in [1.54, 1.807) is 14.1 Å². The lowest BCUT2D eigenvalue weighted by Gasteiger charge is -2.53. The van der Waals surface area contributed by atoms with Crippen LogP contribution in [0.1, 0.15) is 60.7 Å². The fourth-order valence-electron chi connectivity index (χ4n) is 7.28. The number of halogens is 1. The van der Waals surface area contributed by atoms with Gasteiger partial charge in [0.25, 0.3) is 0 Å². The number of rotatable bonds is 4. The number of nitrogens with zero attached hydrogens (tertiary/aromatic N) is 2. The molecule has 0 spiro atoms. The number of nitrogens with one attached hydrogen (secondary N) is 1. The Kier molecular flexibility index (Phi) is 6.38. The van der Waals surface area contributed by atoms with Crippen LogP contribution in [0.15, 0.2) is 0 Å². The Labute approximate surface area is 232 Å². The Morgan fingerprint density at radius 2 is 1.82 bits per heavy atom. The van der Waals surface area contributed by atoms with Gasteiger partial charge in [-0.3, -0.25) is 29.0 Å². The molecule has 0 radical (unpaired) electrons. The van der Waals surface area contributed by atoms with E-state index >= 15 is 0 Å². The van der Waals surface area contributed by atoms with E-state index in [4.69, 9.17) is 22.7 Å². The van der Waals surface area contributed by atoms with Crippen molar-refractivity contribution in [3.8, 4) is 5.75 Å². The van der Waals surface area contributed by atoms with Crippen molar-refractivity contribution in [2.24, 2.45) is 29.4 Å². The van der Waals surface area contributed by atoms with Gasteiger partial charge in [0, 0.05) is 35.1 Å². The zero-order chi connectivity index (χ0) is 28.9. The summed E-state index contributed by atoms with van der Waals surface area (Å²) in [5.74, 6) is -8.33. The van der Waals surface area contributed by atoms with Crippen molar-refractivity contribution in [3.63, 3.8) is 0 Å². The van der Waals surface area contributed by atoms with Crippen LogP contribution in [-0.2, 0) is 33.9 Å². The minimum atomic E-state index is -2.52. The third-order valence-corrected chi connectivity index (χ3v) is 10.3. The molecule has 4 aliphatic rings. The van der Waals surface area contributed by atoms with Crippen molar-refractivity contribution < 1.29 is 29.4 Å². The number of phenolic OH excluding ortho intramolecular Hbond substituents is 1. The number of primary amides is 1. The number of carbonyl (C=O) groups excluding carboxylic acids is 4. The van der Waals surface area contributed by atoms with Crippen molar-refractivity contribution in [2.75, 3.05) is 14.1 Å².